The average Bonchev–Trinajstić information content (AvgIpc) is 3.17. The Balaban J connectivity index is 1.26. The molecule has 1 aromatic carbocycles. The van der Waals surface area contributed by atoms with Crippen molar-refractivity contribution in [1.29, 1.82) is 0 Å². The number of hydrogen-bond donors (Lipinski definition) is 1. The Bertz CT molecular complexity index is 611. The maximum atomic E-state index is 10.9. The van der Waals surface area contributed by atoms with Gasteiger partial charge in [0, 0.05) is 31.4 Å². The molecule has 3 nitrogen and oxygen atoms in total. The van der Waals surface area contributed by atoms with Gasteiger partial charge in [-0.15, -0.1) is 0 Å². The lowest BCUT2D eigenvalue weighted by molar-refractivity contribution is 0.0411. The molecule has 2 aliphatic carbocycles. The molecule has 2 saturated heterocycles. The zero-order chi connectivity index (χ0) is 18.3. The van der Waals surface area contributed by atoms with Gasteiger partial charge in [-0.1, -0.05) is 50.3 Å². The van der Waals surface area contributed by atoms with Crippen molar-refractivity contribution in [2.24, 2.45) is 11.8 Å². The zero-order valence-electron chi connectivity index (χ0n) is 16.7. The third-order valence-corrected chi connectivity index (χ3v) is 8.50. The number of aliphatic hydroxyl groups is 1. The summed E-state index contributed by atoms with van der Waals surface area (Å²) in [6.45, 7) is 3.34. The highest BCUT2D eigenvalue weighted by Gasteiger charge is 2.50. The van der Waals surface area contributed by atoms with Gasteiger partial charge in [0.15, 0.2) is 0 Å². The van der Waals surface area contributed by atoms with E-state index in [1.165, 1.54) is 63.7 Å². The Morgan fingerprint density at radius 2 is 1.48 bits per heavy atom. The fourth-order valence-electron chi connectivity index (χ4n) is 6.97. The van der Waals surface area contributed by atoms with Crippen LogP contribution < -0.4 is 4.90 Å². The normalized spacial score (nSPS) is 36.7. The molecule has 1 aromatic rings. The van der Waals surface area contributed by atoms with Crippen LogP contribution in [0.1, 0.15) is 64.2 Å². The van der Waals surface area contributed by atoms with Gasteiger partial charge in [0.2, 0.25) is 0 Å². The largest absolute Gasteiger partial charge is 0.391 e. The van der Waals surface area contributed by atoms with Gasteiger partial charge in [0.05, 0.1) is 11.6 Å². The van der Waals surface area contributed by atoms with E-state index in [2.05, 4.69) is 40.1 Å². The smallest absolute Gasteiger partial charge is 0.0789 e. The summed E-state index contributed by atoms with van der Waals surface area (Å²) in [5.74, 6) is 2.01. The number of fused-ring (bicyclic) bond motifs is 1. The molecule has 5 rings (SSSR count). The molecule has 2 aliphatic heterocycles. The Morgan fingerprint density at radius 3 is 2.15 bits per heavy atom. The van der Waals surface area contributed by atoms with Crippen molar-refractivity contribution < 1.29 is 5.11 Å². The molecule has 1 N–H and O–H groups in total. The Morgan fingerprint density at radius 1 is 0.815 bits per heavy atom. The zero-order valence-corrected chi connectivity index (χ0v) is 16.7. The molecular weight excluding hydrogens is 332 g/mol. The topological polar surface area (TPSA) is 26.7 Å². The maximum Gasteiger partial charge on any atom is 0.0789 e. The number of rotatable bonds is 2. The van der Waals surface area contributed by atoms with Crippen molar-refractivity contribution in [2.75, 3.05) is 24.5 Å². The number of piperidine rings is 1. The van der Waals surface area contributed by atoms with E-state index >= 15 is 0 Å². The SMILES string of the molecule is OC1CCN(c2ccccc2)C12CCN(C1CC3CCCCCC3C1)CC2. The maximum absolute atomic E-state index is 10.9. The minimum atomic E-state index is -0.172. The molecular formula is C24H36N2O. The van der Waals surface area contributed by atoms with Crippen LogP contribution >= 0.6 is 0 Å². The van der Waals surface area contributed by atoms with Gasteiger partial charge < -0.3 is 14.9 Å². The summed E-state index contributed by atoms with van der Waals surface area (Å²) in [4.78, 5) is 5.33. The highest BCUT2D eigenvalue weighted by atomic mass is 16.3. The third kappa shape index (κ3) is 3.21. The van der Waals surface area contributed by atoms with Crippen molar-refractivity contribution >= 4 is 5.69 Å². The van der Waals surface area contributed by atoms with Gasteiger partial charge in [-0.2, -0.15) is 0 Å². The van der Waals surface area contributed by atoms with Crippen LogP contribution in [0.3, 0.4) is 0 Å². The fraction of sp³-hybridized carbons (Fsp3) is 0.750. The molecule has 0 bridgehead atoms. The molecule has 3 atom stereocenters. The number of aliphatic hydroxyl groups excluding tert-OH is 1. The second kappa shape index (κ2) is 7.40. The quantitative estimate of drug-likeness (QED) is 0.835. The van der Waals surface area contributed by atoms with Gasteiger partial charge in [-0.3, -0.25) is 0 Å². The number of nitrogens with zero attached hydrogens (tertiary/aromatic N) is 2. The minimum absolute atomic E-state index is 0.0271. The molecule has 148 valence electrons. The van der Waals surface area contributed by atoms with E-state index in [4.69, 9.17) is 0 Å². The van der Waals surface area contributed by atoms with Crippen molar-refractivity contribution in [3.63, 3.8) is 0 Å². The lowest BCUT2D eigenvalue weighted by Gasteiger charge is -2.49. The number of likely N-dealkylation sites (tertiary alicyclic amines) is 1. The first kappa shape index (κ1) is 18.0. The van der Waals surface area contributed by atoms with Crippen molar-refractivity contribution in [3.8, 4) is 0 Å². The van der Waals surface area contributed by atoms with Crippen LogP contribution in [0, 0.1) is 11.8 Å². The van der Waals surface area contributed by atoms with E-state index in [0.29, 0.717) is 0 Å². The summed E-state index contributed by atoms with van der Waals surface area (Å²) in [5.41, 5.74) is 1.27. The van der Waals surface area contributed by atoms with Crippen LogP contribution in [0.15, 0.2) is 30.3 Å². The van der Waals surface area contributed by atoms with Gasteiger partial charge in [0.1, 0.15) is 0 Å². The van der Waals surface area contributed by atoms with E-state index in [0.717, 1.165) is 43.7 Å². The van der Waals surface area contributed by atoms with Crippen LogP contribution in [0.5, 0.6) is 0 Å². The fourth-order valence-corrected chi connectivity index (χ4v) is 6.97. The number of hydrogen-bond acceptors (Lipinski definition) is 3. The molecule has 2 heterocycles. The number of para-hydroxylation sites is 1. The van der Waals surface area contributed by atoms with Crippen LogP contribution in [-0.4, -0.2) is 47.3 Å². The van der Waals surface area contributed by atoms with E-state index < -0.39 is 0 Å². The summed E-state index contributed by atoms with van der Waals surface area (Å²) in [5, 5.41) is 10.9. The van der Waals surface area contributed by atoms with Gasteiger partial charge in [-0.25, -0.2) is 0 Å². The first-order valence-corrected chi connectivity index (χ1v) is 11.5. The number of benzene rings is 1. The standard InChI is InChI=1S/C24H36N2O/c27-23-11-14-26(21-9-5-2-6-10-21)24(23)12-15-25(16-13-24)22-17-19-7-3-1-4-8-20(19)18-22/h2,5-6,9-10,19-20,22-23,27H,1,3-4,7-8,11-18H2. The lowest BCUT2D eigenvalue weighted by Crippen LogP contribution is -2.58. The molecule has 0 amide bonds. The third-order valence-electron chi connectivity index (χ3n) is 8.50. The predicted molar refractivity (Wildman–Crippen MR) is 111 cm³/mol. The Hall–Kier alpha value is -1.06. The summed E-state index contributed by atoms with van der Waals surface area (Å²) >= 11 is 0. The van der Waals surface area contributed by atoms with E-state index in [9.17, 15) is 5.11 Å². The summed E-state index contributed by atoms with van der Waals surface area (Å²) in [7, 11) is 0. The molecule has 4 aliphatic rings. The summed E-state index contributed by atoms with van der Waals surface area (Å²) in [6.07, 6.45) is 13.3. The molecule has 3 unspecified atom stereocenters. The van der Waals surface area contributed by atoms with E-state index in [1.54, 1.807) is 0 Å². The molecule has 4 fully saturated rings. The summed E-state index contributed by atoms with van der Waals surface area (Å²) < 4.78 is 0. The van der Waals surface area contributed by atoms with Gasteiger partial charge in [-0.05, 0) is 56.1 Å². The van der Waals surface area contributed by atoms with Crippen LogP contribution in [0.25, 0.3) is 0 Å². The highest BCUT2D eigenvalue weighted by molar-refractivity contribution is 5.51. The highest BCUT2D eigenvalue weighted by Crippen LogP contribution is 2.46. The van der Waals surface area contributed by atoms with Gasteiger partial charge >= 0.3 is 0 Å². The van der Waals surface area contributed by atoms with Crippen molar-refractivity contribution in [3.05, 3.63) is 30.3 Å². The molecule has 0 radical (unpaired) electrons. The molecule has 3 heteroatoms. The van der Waals surface area contributed by atoms with Gasteiger partial charge in [0.25, 0.3) is 0 Å². The predicted octanol–water partition coefficient (Wildman–Crippen LogP) is 4.45. The molecule has 2 saturated carbocycles. The molecule has 0 aromatic heterocycles. The van der Waals surface area contributed by atoms with Crippen molar-refractivity contribution in [2.45, 2.75) is 81.9 Å². The van der Waals surface area contributed by atoms with Crippen LogP contribution in [0.4, 0.5) is 5.69 Å². The Labute approximate surface area is 164 Å². The first-order valence-electron chi connectivity index (χ1n) is 11.5. The first-order chi connectivity index (χ1) is 13.3. The monoisotopic (exact) mass is 368 g/mol. The molecule has 1 spiro atoms. The van der Waals surface area contributed by atoms with Crippen LogP contribution in [0.2, 0.25) is 0 Å². The molecule has 27 heavy (non-hydrogen) atoms. The van der Waals surface area contributed by atoms with E-state index in [-0.39, 0.29) is 11.6 Å². The Kier molecular flexibility index (Phi) is 4.94. The average molecular weight is 369 g/mol. The van der Waals surface area contributed by atoms with E-state index in [1.807, 2.05) is 0 Å². The second-order valence-electron chi connectivity index (χ2n) is 9.71. The van der Waals surface area contributed by atoms with Crippen molar-refractivity contribution in [1.82, 2.24) is 4.90 Å². The lowest BCUT2D eigenvalue weighted by atomic mass is 9.82. The second-order valence-corrected chi connectivity index (χ2v) is 9.71. The van der Waals surface area contributed by atoms with Crippen LogP contribution in [-0.2, 0) is 0 Å². The number of anilines is 1. The summed E-state index contributed by atoms with van der Waals surface area (Å²) in [6, 6.07) is 11.6. The minimum Gasteiger partial charge on any atom is -0.391 e.